The van der Waals surface area contributed by atoms with Gasteiger partial charge in [-0.2, -0.15) is 0 Å². The van der Waals surface area contributed by atoms with Crippen molar-refractivity contribution in [1.82, 2.24) is 10.2 Å². The minimum Gasteiger partial charge on any atom is -0.352 e. The Kier molecular flexibility index (Phi) is 9.63. The molecule has 0 fully saturated rings. The van der Waals surface area contributed by atoms with E-state index in [0.717, 1.165) is 23.3 Å². The van der Waals surface area contributed by atoms with Gasteiger partial charge in [-0.25, -0.2) is 0 Å². The maximum Gasteiger partial charge on any atom is 0.242 e. The first-order valence-electron chi connectivity index (χ1n) is 11.0. The highest BCUT2D eigenvalue weighted by Gasteiger charge is 2.26. The molecular weight excluding hydrogens is 404 g/mol. The standard InChI is InChI=1S/C26H36N2O2S/c1-7-21(5)27-26(30)22(6)28(15-23-10-8-9-18(2)12-23)25(29)17-31-16-24-13-19(3)11-20(4)14-24/h8-14,21-22H,7,15-17H2,1-6H3,(H,27,30)/t21-,22-/m0/s1. The van der Waals surface area contributed by atoms with Gasteiger partial charge in [0, 0.05) is 18.3 Å². The number of benzene rings is 2. The maximum absolute atomic E-state index is 13.2. The number of nitrogens with one attached hydrogen (secondary N) is 1. The Morgan fingerprint density at radius 3 is 2.23 bits per heavy atom. The molecule has 0 radical (unpaired) electrons. The minimum atomic E-state index is -0.524. The second-order valence-corrected chi connectivity index (χ2v) is 9.48. The highest BCUT2D eigenvalue weighted by atomic mass is 32.2. The Balaban J connectivity index is 2.09. The third kappa shape index (κ3) is 8.06. The fraction of sp³-hybridized carbons (Fsp3) is 0.462. The predicted molar refractivity (Wildman–Crippen MR) is 131 cm³/mol. The van der Waals surface area contributed by atoms with Crippen molar-refractivity contribution < 1.29 is 9.59 Å². The van der Waals surface area contributed by atoms with Gasteiger partial charge in [0.1, 0.15) is 6.04 Å². The van der Waals surface area contributed by atoms with Crippen LogP contribution in [0.4, 0.5) is 0 Å². The first-order valence-corrected chi connectivity index (χ1v) is 12.1. The van der Waals surface area contributed by atoms with Crippen molar-refractivity contribution in [2.75, 3.05) is 5.75 Å². The number of amides is 2. The van der Waals surface area contributed by atoms with Crippen molar-refractivity contribution in [2.45, 2.75) is 72.3 Å². The number of rotatable bonds is 10. The Morgan fingerprint density at radius 1 is 0.968 bits per heavy atom. The highest BCUT2D eigenvalue weighted by molar-refractivity contribution is 7.99. The van der Waals surface area contributed by atoms with Crippen LogP contribution in [0.25, 0.3) is 0 Å². The summed E-state index contributed by atoms with van der Waals surface area (Å²) in [5, 5.41) is 3.02. The summed E-state index contributed by atoms with van der Waals surface area (Å²) in [4.78, 5) is 27.7. The average Bonchev–Trinajstić information content (AvgIpc) is 2.70. The predicted octanol–water partition coefficient (Wildman–Crippen LogP) is 5.18. The van der Waals surface area contributed by atoms with Crippen LogP contribution < -0.4 is 5.32 Å². The number of carbonyl (C=O) groups excluding carboxylic acids is 2. The number of hydrogen-bond donors (Lipinski definition) is 1. The van der Waals surface area contributed by atoms with E-state index in [2.05, 4.69) is 43.4 Å². The zero-order chi connectivity index (χ0) is 23.0. The molecule has 5 heteroatoms. The molecule has 168 valence electrons. The molecule has 2 rings (SSSR count). The third-order valence-corrected chi connectivity index (χ3v) is 6.37. The van der Waals surface area contributed by atoms with E-state index in [4.69, 9.17) is 0 Å². The highest BCUT2D eigenvalue weighted by Crippen LogP contribution is 2.18. The van der Waals surface area contributed by atoms with E-state index in [0.29, 0.717) is 12.3 Å². The summed E-state index contributed by atoms with van der Waals surface area (Å²) in [6.45, 7) is 12.5. The number of nitrogens with zero attached hydrogens (tertiary/aromatic N) is 1. The molecular formula is C26H36N2O2S. The second-order valence-electron chi connectivity index (χ2n) is 8.49. The van der Waals surface area contributed by atoms with E-state index in [1.807, 2.05) is 45.9 Å². The zero-order valence-electron chi connectivity index (χ0n) is 19.7. The summed E-state index contributed by atoms with van der Waals surface area (Å²) < 4.78 is 0. The van der Waals surface area contributed by atoms with Crippen molar-refractivity contribution >= 4 is 23.6 Å². The largest absolute Gasteiger partial charge is 0.352 e. The van der Waals surface area contributed by atoms with Crippen molar-refractivity contribution in [3.63, 3.8) is 0 Å². The second kappa shape index (κ2) is 11.9. The van der Waals surface area contributed by atoms with Crippen LogP contribution in [0.5, 0.6) is 0 Å². The van der Waals surface area contributed by atoms with E-state index in [1.54, 1.807) is 16.7 Å². The number of carbonyl (C=O) groups is 2. The molecule has 0 unspecified atom stereocenters. The summed E-state index contributed by atoms with van der Waals surface area (Å²) in [7, 11) is 0. The molecule has 0 saturated heterocycles. The lowest BCUT2D eigenvalue weighted by Gasteiger charge is -2.29. The number of hydrogen-bond acceptors (Lipinski definition) is 3. The van der Waals surface area contributed by atoms with Gasteiger partial charge in [0.25, 0.3) is 0 Å². The maximum atomic E-state index is 13.2. The van der Waals surface area contributed by atoms with Crippen molar-refractivity contribution in [1.29, 1.82) is 0 Å². The van der Waals surface area contributed by atoms with Gasteiger partial charge >= 0.3 is 0 Å². The summed E-state index contributed by atoms with van der Waals surface area (Å²) in [6, 6.07) is 14.2. The van der Waals surface area contributed by atoms with E-state index < -0.39 is 6.04 Å². The minimum absolute atomic E-state index is 0.0114. The van der Waals surface area contributed by atoms with Crippen LogP contribution in [0.3, 0.4) is 0 Å². The Labute approximate surface area is 191 Å². The Morgan fingerprint density at radius 2 is 1.61 bits per heavy atom. The molecule has 0 heterocycles. The third-order valence-electron chi connectivity index (χ3n) is 5.38. The zero-order valence-corrected chi connectivity index (χ0v) is 20.5. The van der Waals surface area contributed by atoms with Crippen LogP contribution in [-0.2, 0) is 21.9 Å². The van der Waals surface area contributed by atoms with Crippen molar-refractivity contribution in [3.05, 3.63) is 70.3 Å². The van der Waals surface area contributed by atoms with Crippen LogP contribution in [0.2, 0.25) is 0 Å². The van der Waals surface area contributed by atoms with Crippen LogP contribution in [0, 0.1) is 20.8 Å². The molecule has 0 aliphatic carbocycles. The SMILES string of the molecule is CC[C@H](C)NC(=O)[C@H](C)N(Cc1cccc(C)c1)C(=O)CSCc1cc(C)cc(C)c1. The van der Waals surface area contributed by atoms with Gasteiger partial charge in [-0.3, -0.25) is 9.59 Å². The number of aryl methyl sites for hydroxylation is 3. The van der Waals surface area contributed by atoms with E-state index >= 15 is 0 Å². The lowest BCUT2D eigenvalue weighted by atomic mass is 10.1. The van der Waals surface area contributed by atoms with Crippen molar-refractivity contribution in [3.8, 4) is 0 Å². The molecule has 0 aliphatic rings. The van der Waals surface area contributed by atoms with Gasteiger partial charge in [0.15, 0.2) is 0 Å². The van der Waals surface area contributed by atoms with Crippen LogP contribution in [-0.4, -0.2) is 34.6 Å². The molecule has 2 atom stereocenters. The van der Waals surface area contributed by atoms with E-state index in [9.17, 15) is 9.59 Å². The summed E-state index contributed by atoms with van der Waals surface area (Å²) in [5.41, 5.74) is 5.88. The van der Waals surface area contributed by atoms with E-state index in [1.165, 1.54) is 16.7 Å². The first kappa shape index (κ1) is 25.0. The molecule has 0 aromatic heterocycles. The monoisotopic (exact) mass is 440 g/mol. The van der Waals surface area contributed by atoms with Gasteiger partial charge in [-0.15, -0.1) is 11.8 Å². The molecule has 2 amide bonds. The number of thioether (sulfide) groups is 1. The average molecular weight is 441 g/mol. The molecule has 0 aliphatic heterocycles. The van der Waals surface area contributed by atoms with E-state index in [-0.39, 0.29) is 17.9 Å². The fourth-order valence-electron chi connectivity index (χ4n) is 3.55. The molecule has 2 aromatic carbocycles. The van der Waals surface area contributed by atoms with Crippen LogP contribution >= 0.6 is 11.8 Å². The normalized spacial score (nSPS) is 12.8. The van der Waals surface area contributed by atoms with Crippen LogP contribution in [0.15, 0.2) is 42.5 Å². The van der Waals surface area contributed by atoms with Gasteiger partial charge in [-0.05, 0) is 52.2 Å². The van der Waals surface area contributed by atoms with Gasteiger partial charge in [0.2, 0.25) is 11.8 Å². The summed E-state index contributed by atoms with van der Waals surface area (Å²) >= 11 is 1.60. The smallest absolute Gasteiger partial charge is 0.242 e. The lowest BCUT2D eigenvalue weighted by Crippen LogP contribution is -2.50. The van der Waals surface area contributed by atoms with Crippen molar-refractivity contribution in [2.24, 2.45) is 0 Å². The molecule has 0 bridgehead atoms. The quantitative estimate of drug-likeness (QED) is 0.554. The molecule has 4 nitrogen and oxygen atoms in total. The summed E-state index contributed by atoms with van der Waals surface area (Å²) in [5.74, 6) is 1.01. The van der Waals surface area contributed by atoms with Crippen LogP contribution in [0.1, 0.15) is 55.0 Å². The van der Waals surface area contributed by atoms with Gasteiger partial charge in [0.05, 0.1) is 5.75 Å². The summed E-state index contributed by atoms with van der Waals surface area (Å²) in [6.07, 6.45) is 0.857. The van der Waals surface area contributed by atoms with Gasteiger partial charge < -0.3 is 10.2 Å². The fourth-order valence-corrected chi connectivity index (χ4v) is 4.39. The first-order chi connectivity index (χ1) is 14.7. The molecule has 1 N–H and O–H groups in total. The lowest BCUT2D eigenvalue weighted by molar-refractivity contribution is -0.138. The molecule has 0 saturated carbocycles. The Bertz CT molecular complexity index is 876. The Hall–Kier alpha value is -2.27. The molecule has 2 aromatic rings. The topological polar surface area (TPSA) is 49.4 Å². The molecule has 31 heavy (non-hydrogen) atoms. The molecule has 0 spiro atoms. The van der Waals surface area contributed by atoms with Gasteiger partial charge in [-0.1, -0.05) is 66.1 Å².